The van der Waals surface area contributed by atoms with Crippen molar-refractivity contribution in [3.8, 4) is 0 Å². The summed E-state index contributed by atoms with van der Waals surface area (Å²) in [5, 5.41) is 3.24. The van der Waals surface area contributed by atoms with E-state index < -0.39 is 6.09 Å². The first-order valence-corrected chi connectivity index (χ1v) is 8.02. The van der Waals surface area contributed by atoms with Crippen molar-refractivity contribution in [2.45, 2.75) is 32.9 Å². The number of anilines is 2. The number of carbonyl (C=O) groups excluding carboxylic acids is 1. The fraction of sp³-hybridized carbons (Fsp3) is 0.412. The minimum absolute atomic E-state index is 0. The van der Waals surface area contributed by atoms with Crippen LogP contribution in [-0.2, 0) is 4.74 Å². The second-order valence-electron chi connectivity index (χ2n) is 6.14. The molecule has 0 unspecified atom stereocenters. The number of nitrogens with one attached hydrogen (secondary N) is 1. The van der Waals surface area contributed by atoms with Crippen molar-refractivity contribution in [3.05, 3.63) is 42.2 Å². The lowest BCUT2D eigenvalue weighted by molar-refractivity contribution is 0.177. The summed E-state index contributed by atoms with van der Waals surface area (Å²) in [4.78, 5) is 26.2. The first kappa shape index (κ1) is 16.2. The van der Waals surface area contributed by atoms with Gasteiger partial charge in [-0.2, -0.15) is 4.98 Å². The Morgan fingerprint density at radius 2 is 2.00 bits per heavy atom. The van der Waals surface area contributed by atoms with Crippen molar-refractivity contribution in [3.63, 3.8) is 0 Å². The molecule has 7 nitrogen and oxygen atoms in total. The zero-order valence-corrected chi connectivity index (χ0v) is 14.0. The SMILES string of the molecule is CC(C)[C@H]1COC(=O)N1c1ncnc(N[C@@H](C)c2ccccc2)n1.[HH]. The van der Waals surface area contributed by atoms with Crippen molar-refractivity contribution in [2.75, 3.05) is 16.8 Å². The Hall–Kier alpha value is -2.70. The van der Waals surface area contributed by atoms with Gasteiger partial charge in [0, 0.05) is 1.43 Å². The molecule has 1 saturated heterocycles. The second kappa shape index (κ2) is 6.82. The monoisotopic (exact) mass is 329 g/mol. The molecule has 0 aliphatic carbocycles. The van der Waals surface area contributed by atoms with Gasteiger partial charge in [-0.25, -0.2) is 19.7 Å². The number of amides is 1. The van der Waals surface area contributed by atoms with Crippen LogP contribution >= 0.6 is 0 Å². The van der Waals surface area contributed by atoms with Gasteiger partial charge < -0.3 is 10.1 Å². The van der Waals surface area contributed by atoms with Gasteiger partial charge in [-0.1, -0.05) is 44.2 Å². The van der Waals surface area contributed by atoms with E-state index in [1.807, 2.05) is 51.1 Å². The molecule has 2 aromatic rings. The van der Waals surface area contributed by atoms with Crippen LogP contribution in [0, 0.1) is 5.92 Å². The molecule has 1 aromatic heterocycles. The van der Waals surface area contributed by atoms with E-state index in [-0.39, 0.29) is 19.4 Å². The van der Waals surface area contributed by atoms with E-state index in [4.69, 9.17) is 4.74 Å². The number of carbonyl (C=O) groups is 1. The maximum absolute atomic E-state index is 12.0. The average Bonchev–Trinajstić information content (AvgIpc) is 2.98. The second-order valence-corrected chi connectivity index (χ2v) is 6.14. The number of hydrogen-bond acceptors (Lipinski definition) is 6. The Kier molecular flexibility index (Phi) is 4.59. The molecule has 24 heavy (non-hydrogen) atoms. The Morgan fingerprint density at radius 3 is 2.71 bits per heavy atom. The molecule has 0 bridgehead atoms. The van der Waals surface area contributed by atoms with Crippen molar-refractivity contribution in [1.29, 1.82) is 0 Å². The first-order valence-electron chi connectivity index (χ1n) is 8.02. The largest absolute Gasteiger partial charge is 0.447 e. The average molecular weight is 329 g/mol. The summed E-state index contributed by atoms with van der Waals surface area (Å²) in [5.74, 6) is 0.986. The third-order valence-electron chi connectivity index (χ3n) is 4.10. The molecule has 1 aromatic carbocycles. The molecule has 128 valence electrons. The lowest BCUT2D eigenvalue weighted by atomic mass is 10.1. The maximum atomic E-state index is 12.0. The van der Waals surface area contributed by atoms with Crippen molar-refractivity contribution in [1.82, 2.24) is 15.0 Å². The van der Waals surface area contributed by atoms with Crippen LogP contribution in [0.1, 0.15) is 33.8 Å². The standard InChI is InChI=1S/C17H21N5O2.H2/c1-11(2)14-9-24-17(23)22(14)16-19-10-18-15(21-16)20-12(3)13-7-5-4-6-8-13;/h4-8,10-12,14H,9H2,1-3H3,(H,18,19,20,21);1H/t12-,14+;/m0./s1. The van der Waals surface area contributed by atoms with E-state index in [1.165, 1.54) is 11.2 Å². The van der Waals surface area contributed by atoms with Crippen LogP contribution in [0.5, 0.6) is 0 Å². The van der Waals surface area contributed by atoms with Crippen molar-refractivity contribution >= 4 is 18.0 Å². The van der Waals surface area contributed by atoms with Gasteiger partial charge in [0.15, 0.2) is 0 Å². The topological polar surface area (TPSA) is 80.2 Å². The first-order chi connectivity index (χ1) is 11.6. The van der Waals surface area contributed by atoms with Crippen molar-refractivity contribution in [2.24, 2.45) is 5.92 Å². The van der Waals surface area contributed by atoms with Gasteiger partial charge in [0.25, 0.3) is 0 Å². The molecule has 1 aliphatic heterocycles. The summed E-state index contributed by atoms with van der Waals surface area (Å²) in [6.45, 7) is 6.46. The number of rotatable bonds is 5. The number of ether oxygens (including phenoxy) is 1. The molecule has 0 radical (unpaired) electrons. The van der Waals surface area contributed by atoms with E-state index in [9.17, 15) is 4.79 Å². The molecule has 3 rings (SSSR count). The van der Waals surface area contributed by atoms with Crippen LogP contribution in [0.2, 0.25) is 0 Å². The van der Waals surface area contributed by atoms with Crippen LogP contribution in [0.15, 0.2) is 36.7 Å². The lowest BCUT2D eigenvalue weighted by Gasteiger charge is -2.22. The summed E-state index contributed by atoms with van der Waals surface area (Å²) in [6.07, 6.45) is 0.993. The molecule has 0 saturated carbocycles. The summed E-state index contributed by atoms with van der Waals surface area (Å²) in [7, 11) is 0. The van der Waals surface area contributed by atoms with Crippen LogP contribution in [0.4, 0.5) is 16.7 Å². The molecule has 2 atom stereocenters. The third kappa shape index (κ3) is 3.29. The third-order valence-corrected chi connectivity index (χ3v) is 4.10. The van der Waals surface area contributed by atoms with Crippen LogP contribution in [0.25, 0.3) is 0 Å². The summed E-state index contributed by atoms with van der Waals surface area (Å²) < 4.78 is 5.15. The molecular formula is C17H23N5O2. The predicted molar refractivity (Wildman–Crippen MR) is 92.9 cm³/mol. The highest BCUT2D eigenvalue weighted by atomic mass is 16.6. The van der Waals surface area contributed by atoms with E-state index in [2.05, 4.69) is 20.3 Å². The molecule has 2 heterocycles. The Bertz CT molecular complexity index is 713. The fourth-order valence-corrected chi connectivity index (χ4v) is 2.65. The molecule has 7 heteroatoms. The van der Waals surface area contributed by atoms with Gasteiger partial charge in [-0.05, 0) is 18.4 Å². The zero-order valence-electron chi connectivity index (χ0n) is 14.0. The molecule has 0 spiro atoms. The van der Waals surface area contributed by atoms with Gasteiger partial charge in [-0.15, -0.1) is 0 Å². The maximum Gasteiger partial charge on any atom is 0.417 e. The minimum Gasteiger partial charge on any atom is -0.447 e. The molecule has 1 aliphatic rings. The van der Waals surface area contributed by atoms with Gasteiger partial charge in [0.1, 0.15) is 12.9 Å². The Labute approximate surface area is 142 Å². The summed E-state index contributed by atoms with van der Waals surface area (Å²) >= 11 is 0. The summed E-state index contributed by atoms with van der Waals surface area (Å²) in [5.41, 5.74) is 1.13. The van der Waals surface area contributed by atoms with E-state index in [0.717, 1.165) is 5.56 Å². The number of nitrogens with zero attached hydrogens (tertiary/aromatic N) is 4. The van der Waals surface area contributed by atoms with Crippen LogP contribution in [0.3, 0.4) is 0 Å². The molecular weight excluding hydrogens is 306 g/mol. The highest BCUT2D eigenvalue weighted by molar-refractivity contribution is 5.88. The highest BCUT2D eigenvalue weighted by Crippen LogP contribution is 2.25. The van der Waals surface area contributed by atoms with E-state index in [1.54, 1.807) is 0 Å². The fourth-order valence-electron chi connectivity index (χ4n) is 2.65. The number of hydrogen-bond donors (Lipinski definition) is 1. The summed E-state index contributed by atoms with van der Waals surface area (Å²) in [6, 6.07) is 9.98. The molecule has 1 fully saturated rings. The smallest absolute Gasteiger partial charge is 0.417 e. The number of aromatic nitrogens is 3. The zero-order chi connectivity index (χ0) is 17.1. The molecule has 1 amide bonds. The number of cyclic esters (lactones) is 1. The quantitative estimate of drug-likeness (QED) is 0.907. The van der Waals surface area contributed by atoms with Crippen molar-refractivity contribution < 1.29 is 11.0 Å². The lowest BCUT2D eigenvalue weighted by Crippen LogP contribution is -2.38. The normalized spacial score (nSPS) is 18.6. The van der Waals surface area contributed by atoms with E-state index >= 15 is 0 Å². The predicted octanol–water partition coefficient (Wildman–Crippen LogP) is 3.27. The Balaban J connectivity index is 0.00000225. The number of benzene rings is 1. The molecule has 1 N–H and O–H groups in total. The van der Waals surface area contributed by atoms with Gasteiger partial charge in [-0.3, -0.25) is 0 Å². The van der Waals surface area contributed by atoms with E-state index in [0.29, 0.717) is 18.5 Å². The van der Waals surface area contributed by atoms with Crippen LogP contribution in [-0.4, -0.2) is 33.7 Å². The minimum atomic E-state index is -0.415. The van der Waals surface area contributed by atoms with Gasteiger partial charge in [0.05, 0.1) is 12.1 Å². The Morgan fingerprint density at radius 1 is 1.25 bits per heavy atom. The highest BCUT2D eigenvalue weighted by Gasteiger charge is 2.38. The van der Waals surface area contributed by atoms with Gasteiger partial charge >= 0.3 is 6.09 Å². The van der Waals surface area contributed by atoms with Crippen LogP contribution < -0.4 is 10.2 Å². The van der Waals surface area contributed by atoms with Gasteiger partial charge in [0.2, 0.25) is 11.9 Å².